The van der Waals surface area contributed by atoms with Crippen LogP contribution in [0.1, 0.15) is 5.56 Å². The zero-order valence-electron chi connectivity index (χ0n) is 10.6. The maximum absolute atomic E-state index is 9.99. The number of ether oxygens (including phenoxy) is 2. The number of hydrogen-bond acceptors (Lipinski definition) is 4. The summed E-state index contributed by atoms with van der Waals surface area (Å²) >= 11 is 15.6. The van der Waals surface area contributed by atoms with Crippen LogP contribution in [0.15, 0.2) is 28.7 Å². The molecule has 2 N–H and O–H groups in total. The second-order valence-electron chi connectivity index (χ2n) is 4.43. The average molecular weight is 391 g/mol. The molecule has 0 aromatic heterocycles. The minimum atomic E-state index is 0.121. The monoisotopic (exact) mass is 389 g/mol. The molecule has 4 nitrogen and oxygen atoms in total. The van der Waals surface area contributed by atoms with Gasteiger partial charge in [0.15, 0.2) is 11.5 Å². The van der Waals surface area contributed by atoms with Crippen LogP contribution >= 0.6 is 39.1 Å². The normalized spacial score (nSPS) is 12.5. The number of hydrogen-bond donors (Lipinski definition) is 2. The Labute approximate surface area is 139 Å². The highest BCUT2D eigenvalue weighted by Crippen LogP contribution is 2.39. The fourth-order valence-electron chi connectivity index (χ4n) is 2.01. The Balaban J connectivity index is 1.83. The molecule has 3 rings (SSSR count). The molecule has 1 aliphatic rings. The number of halogens is 3. The van der Waals surface area contributed by atoms with Gasteiger partial charge in [-0.05, 0) is 18.2 Å². The summed E-state index contributed by atoms with van der Waals surface area (Å²) in [6, 6.07) is 6.75. The molecule has 2 aromatic rings. The number of fused-ring (bicyclic) bond motifs is 1. The van der Waals surface area contributed by atoms with Crippen LogP contribution < -0.4 is 14.8 Å². The Morgan fingerprint density at radius 1 is 1.10 bits per heavy atom. The van der Waals surface area contributed by atoms with Gasteiger partial charge in [0.2, 0.25) is 6.79 Å². The summed E-state index contributed by atoms with van der Waals surface area (Å²) in [5.41, 5.74) is 1.27. The predicted octanol–water partition coefficient (Wildman–Crippen LogP) is 4.80. The van der Waals surface area contributed by atoms with Gasteiger partial charge in [0.1, 0.15) is 5.75 Å². The first-order valence-corrected chi connectivity index (χ1v) is 7.59. The van der Waals surface area contributed by atoms with Crippen molar-refractivity contribution in [2.75, 3.05) is 12.1 Å². The molecule has 0 spiro atoms. The van der Waals surface area contributed by atoms with E-state index in [0.717, 1.165) is 4.47 Å². The molecule has 0 fully saturated rings. The summed E-state index contributed by atoms with van der Waals surface area (Å²) in [7, 11) is 0. The Morgan fingerprint density at radius 3 is 2.38 bits per heavy atom. The Kier molecular flexibility index (Phi) is 4.06. The van der Waals surface area contributed by atoms with Crippen LogP contribution in [0.3, 0.4) is 0 Å². The molecule has 0 bridgehead atoms. The molecular weight excluding hydrogens is 381 g/mol. The van der Waals surface area contributed by atoms with E-state index in [9.17, 15) is 5.11 Å². The van der Waals surface area contributed by atoms with Crippen LogP contribution in [0, 0.1) is 0 Å². The number of rotatable bonds is 3. The molecular formula is C14H10BrCl2NO3. The highest BCUT2D eigenvalue weighted by atomic mass is 79.9. The summed E-state index contributed by atoms with van der Waals surface area (Å²) in [6.45, 7) is 0.513. The van der Waals surface area contributed by atoms with Crippen molar-refractivity contribution in [2.45, 2.75) is 6.54 Å². The van der Waals surface area contributed by atoms with E-state index in [-0.39, 0.29) is 12.5 Å². The fraction of sp³-hybridized carbons (Fsp3) is 0.143. The van der Waals surface area contributed by atoms with Crippen molar-refractivity contribution in [3.05, 3.63) is 44.3 Å². The van der Waals surface area contributed by atoms with E-state index in [1.54, 1.807) is 18.2 Å². The van der Waals surface area contributed by atoms with E-state index in [4.69, 9.17) is 32.7 Å². The van der Waals surface area contributed by atoms with Gasteiger partial charge in [-0.3, -0.25) is 0 Å². The van der Waals surface area contributed by atoms with Crippen molar-refractivity contribution in [3.8, 4) is 17.2 Å². The average Bonchev–Trinajstić information content (AvgIpc) is 2.84. The minimum Gasteiger partial charge on any atom is -0.507 e. The number of nitrogens with one attached hydrogen (secondary N) is 1. The van der Waals surface area contributed by atoms with Crippen molar-refractivity contribution in [1.29, 1.82) is 0 Å². The van der Waals surface area contributed by atoms with E-state index in [2.05, 4.69) is 21.2 Å². The largest absolute Gasteiger partial charge is 0.507 e. The van der Waals surface area contributed by atoms with Gasteiger partial charge in [0, 0.05) is 22.6 Å². The van der Waals surface area contributed by atoms with E-state index in [1.165, 1.54) is 6.07 Å². The van der Waals surface area contributed by atoms with Gasteiger partial charge < -0.3 is 19.9 Å². The third kappa shape index (κ3) is 3.00. The highest BCUT2D eigenvalue weighted by Gasteiger charge is 2.17. The van der Waals surface area contributed by atoms with Gasteiger partial charge in [0.05, 0.1) is 15.7 Å². The molecule has 1 aliphatic heterocycles. The van der Waals surface area contributed by atoms with E-state index in [0.29, 0.717) is 39.3 Å². The summed E-state index contributed by atoms with van der Waals surface area (Å²) < 4.78 is 11.3. The van der Waals surface area contributed by atoms with Crippen molar-refractivity contribution < 1.29 is 14.6 Å². The molecule has 0 radical (unpaired) electrons. The van der Waals surface area contributed by atoms with Crippen LogP contribution in [-0.4, -0.2) is 11.9 Å². The van der Waals surface area contributed by atoms with Crippen LogP contribution in [0.25, 0.3) is 0 Å². The van der Waals surface area contributed by atoms with Crippen LogP contribution in [0.2, 0.25) is 10.0 Å². The summed E-state index contributed by atoms with van der Waals surface area (Å²) in [5.74, 6) is 1.27. The Hall–Kier alpha value is -1.30. The first kappa shape index (κ1) is 14.6. The lowest BCUT2D eigenvalue weighted by Crippen LogP contribution is -2.01. The number of phenols is 1. The zero-order chi connectivity index (χ0) is 15.0. The molecule has 0 aliphatic carbocycles. The highest BCUT2D eigenvalue weighted by molar-refractivity contribution is 9.10. The number of phenolic OH excluding ortho intramolecular Hbond substituents is 1. The fourth-order valence-corrected chi connectivity index (χ4v) is 3.35. The molecule has 21 heavy (non-hydrogen) atoms. The van der Waals surface area contributed by atoms with Crippen molar-refractivity contribution in [1.82, 2.24) is 0 Å². The quantitative estimate of drug-likeness (QED) is 0.790. The van der Waals surface area contributed by atoms with Crippen molar-refractivity contribution in [3.63, 3.8) is 0 Å². The van der Waals surface area contributed by atoms with Gasteiger partial charge in [-0.15, -0.1) is 0 Å². The SMILES string of the molecule is Oc1cc2c(cc1CNc1c(Cl)cc(Br)cc1Cl)OCO2. The van der Waals surface area contributed by atoms with Crippen molar-refractivity contribution in [2.24, 2.45) is 0 Å². The third-order valence-corrected chi connectivity index (χ3v) is 4.09. The van der Waals surface area contributed by atoms with Crippen LogP contribution in [-0.2, 0) is 6.54 Å². The molecule has 0 saturated carbocycles. The molecule has 2 aromatic carbocycles. The molecule has 0 atom stereocenters. The number of benzene rings is 2. The van der Waals surface area contributed by atoms with E-state index < -0.39 is 0 Å². The van der Waals surface area contributed by atoms with Crippen LogP contribution in [0.4, 0.5) is 5.69 Å². The van der Waals surface area contributed by atoms with E-state index >= 15 is 0 Å². The number of aromatic hydroxyl groups is 1. The minimum absolute atomic E-state index is 0.121. The first-order chi connectivity index (χ1) is 10.0. The molecule has 7 heteroatoms. The number of anilines is 1. The van der Waals surface area contributed by atoms with Gasteiger partial charge in [-0.2, -0.15) is 0 Å². The van der Waals surface area contributed by atoms with Gasteiger partial charge in [-0.1, -0.05) is 39.1 Å². The van der Waals surface area contributed by atoms with E-state index in [1.807, 2.05) is 0 Å². The Morgan fingerprint density at radius 2 is 1.71 bits per heavy atom. The topological polar surface area (TPSA) is 50.7 Å². The lowest BCUT2D eigenvalue weighted by atomic mass is 10.1. The Bertz CT molecular complexity index is 686. The lowest BCUT2D eigenvalue weighted by molar-refractivity contribution is 0.174. The summed E-state index contributed by atoms with van der Waals surface area (Å²) in [5, 5.41) is 14.1. The standard InChI is InChI=1S/C14H10BrCl2NO3/c15-8-2-9(16)14(10(17)3-8)18-5-7-1-12-13(4-11(7)19)21-6-20-12/h1-4,18-19H,5-6H2. The second kappa shape index (κ2) is 5.83. The zero-order valence-corrected chi connectivity index (χ0v) is 13.7. The summed E-state index contributed by atoms with van der Waals surface area (Å²) in [6.07, 6.45) is 0. The van der Waals surface area contributed by atoms with Gasteiger partial charge in [-0.25, -0.2) is 0 Å². The van der Waals surface area contributed by atoms with Crippen LogP contribution in [0.5, 0.6) is 17.2 Å². The third-order valence-electron chi connectivity index (χ3n) is 3.04. The maximum atomic E-state index is 9.99. The molecule has 0 amide bonds. The lowest BCUT2D eigenvalue weighted by Gasteiger charge is -2.12. The summed E-state index contributed by atoms with van der Waals surface area (Å²) in [4.78, 5) is 0. The van der Waals surface area contributed by atoms with Gasteiger partial charge in [0.25, 0.3) is 0 Å². The smallest absolute Gasteiger partial charge is 0.231 e. The predicted molar refractivity (Wildman–Crippen MR) is 85.7 cm³/mol. The first-order valence-electron chi connectivity index (χ1n) is 6.04. The molecule has 0 saturated heterocycles. The molecule has 1 heterocycles. The van der Waals surface area contributed by atoms with Crippen molar-refractivity contribution >= 4 is 44.8 Å². The molecule has 110 valence electrons. The maximum Gasteiger partial charge on any atom is 0.231 e. The van der Waals surface area contributed by atoms with Gasteiger partial charge >= 0.3 is 0 Å². The molecule has 0 unspecified atom stereocenters. The second-order valence-corrected chi connectivity index (χ2v) is 6.16.